The summed E-state index contributed by atoms with van der Waals surface area (Å²) in [6.07, 6.45) is 4.96. The second-order valence-corrected chi connectivity index (χ2v) is 13.5. The number of hydrogen-bond acceptors (Lipinski definition) is 11. The molecule has 1 amide bonds. The number of phenolic OH excluding ortho intramolecular Hbond substituents is 1. The minimum absolute atomic E-state index is 0.00787. The van der Waals surface area contributed by atoms with Crippen LogP contribution in [0, 0.1) is 5.92 Å². The first-order valence-corrected chi connectivity index (χ1v) is 17.2. The number of carboxylic acids is 1. The first-order valence-electron chi connectivity index (χ1n) is 17.2. The molecule has 13 heteroatoms. The van der Waals surface area contributed by atoms with Gasteiger partial charge in [-0.25, -0.2) is 0 Å². The molecule has 1 aromatic carbocycles. The fourth-order valence-corrected chi connectivity index (χ4v) is 8.21. The van der Waals surface area contributed by atoms with Crippen LogP contribution in [0.1, 0.15) is 56.1 Å². The smallest absolute Gasteiger partial charge is 0.305 e. The van der Waals surface area contributed by atoms with E-state index in [1.54, 1.807) is 6.07 Å². The van der Waals surface area contributed by atoms with Crippen LogP contribution in [0.3, 0.4) is 0 Å². The molecule has 2 heterocycles. The molecule has 5 aliphatic rings. The van der Waals surface area contributed by atoms with E-state index in [4.69, 9.17) is 33.5 Å². The summed E-state index contributed by atoms with van der Waals surface area (Å²) < 4.78 is 33.6. The SMILES string of the molecule is O=C(O)CCOCCOCCOCCOCCOCCC(=O)N[C@@H]1CC[C@@]2(O)[C@H]3Cc4ccc(O)c5c4[C@@]2(CCN3CC2CC2)[C@H]1O5. The van der Waals surface area contributed by atoms with Crippen LogP contribution >= 0.6 is 0 Å². The Labute approximate surface area is 275 Å². The lowest BCUT2D eigenvalue weighted by atomic mass is 9.48. The van der Waals surface area contributed by atoms with Crippen LogP contribution in [0.15, 0.2) is 12.1 Å². The predicted octanol–water partition coefficient (Wildman–Crippen LogP) is 1.39. The van der Waals surface area contributed by atoms with Gasteiger partial charge in [-0.1, -0.05) is 6.07 Å². The molecular weight excluding hydrogens is 612 g/mol. The van der Waals surface area contributed by atoms with E-state index < -0.39 is 23.1 Å². The van der Waals surface area contributed by atoms with Crippen molar-refractivity contribution in [3.05, 3.63) is 23.3 Å². The Morgan fingerprint density at radius 1 is 0.872 bits per heavy atom. The van der Waals surface area contributed by atoms with Crippen molar-refractivity contribution < 1.29 is 53.3 Å². The fraction of sp³-hybridized carbons (Fsp3) is 0.765. The second kappa shape index (κ2) is 15.4. The molecule has 0 radical (unpaired) electrons. The van der Waals surface area contributed by atoms with Gasteiger partial charge in [0.05, 0.1) is 89.5 Å². The van der Waals surface area contributed by atoms with Gasteiger partial charge in [-0.15, -0.1) is 0 Å². The number of aromatic hydroxyl groups is 1. The summed E-state index contributed by atoms with van der Waals surface area (Å²) >= 11 is 0. The van der Waals surface area contributed by atoms with Crippen LogP contribution in [-0.4, -0.2) is 135 Å². The summed E-state index contributed by atoms with van der Waals surface area (Å²) in [6, 6.07) is 3.44. The Kier molecular flexibility index (Phi) is 11.2. The number of likely N-dealkylation sites (tertiary alicyclic amines) is 1. The van der Waals surface area contributed by atoms with Crippen LogP contribution in [-0.2, 0) is 45.1 Å². The van der Waals surface area contributed by atoms with Gasteiger partial charge in [-0.2, -0.15) is 0 Å². The number of nitrogens with one attached hydrogen (secondary N) is 1. The lowest BCUT2D eigenvalue weighted by Gasteiger charge is -2.64. The van der Waals surface area contributed by atoms with Crippen LogP contribution < -0.4 is 10.1 Å². The molecule has 5 atom stereocenters. The van der Waals surface area contributed by atoms with Crippen LogP contribution in [0.25, 0.3) is 0 Å². The van der Waals surface area contributed by atoms with E-state index in [0.717, 1.165) is 43.0 Å². The van der Waals surface area contributed by atoms with Crippen LogP contribution in [0.5, 0.6) is 11.5 Å². The summed E-state index contributed by atoms with van der Waals surface area (Å²) in [6.45, 7) is 5.50. The van der Waals surface area contributed by atoms with E-state index >= 15 is 0 Å². The Morgan fingerprint density at radius 2 is 1.49 bits per heavy atom. The summed E-state index contributed by atoms with van der Waals surface area (Å²) in [5, 5.41) is 35.1. The number of aliphatic hydroxyl groups is 1. The number of piperidine rings is 1. The molecule has 0 aromatic heterocycles. The van der Waals surface area contributed by atoms with Gasteiger partial charge in [-0.05, 0) is 62.6 Å². The fourth-order valence-electron chi connectivity index (χ4n) is 8.21. The highest BCUT2D eigenvalue weighted by Crippen LogP contribution is 2.65. The molecule has 3 fully saturated rings. The van der Waals surface area contributed by atoms with E-state index in [-0.39, 0.29) is 49.8 Å². The van der Waals surface area contributed by atoms with Crippen molar-refractivity contribution in [3.63, 3.8) is 0 Å². The Balaban J connectivity index is 0.882. The molecule has 3 aliphatic carbocycles. The van der Waals surface area contributed by atoms with Crippen molar-refractivity contribution in [1.82, 2.24) is 10.2 Å². The number of benzene rings is 1. The number of ether oxygens (including phenoxy) is 6. The number of carbonyl (C=O) groups is 2. The summed E-state index contributed by atoms with van der Waals surface area (Å²) in [5.41, 5.74) is 0.485. The zero-order valence-electron chi connectivity index (χ0n) is 27.2. The van der Waals surface area contributed by atoms with E-state index in [2.05, 4.69) is 10.2 Å². The molecule has 1 spiro atoms. The Morgan fingerprint density at radius 3 is 2.11 bits per heavy atom. The zero-order chi connectivity index (χ0) is 32.9. The van der Waals surface area contributed by atoms with Crippen LogP contribution in [0.2, 0.25) is 0 Å². The quantitative estimate of drug-likeness (QED) is 0.140. The molecule has 4 N–H and O–H groups in total. The first kappa shape index (κ1) is 34.3. The van der Waals surface area contributed by atoms with Gasteiger partial charge in [0.25, 0.3) is 0 Å². The zero-order valence-corrected chi connectivity index (χ0v) is 27.2. The van der Waals surface area contributed by atoms with E-state index in [0.29, 0.717) is 71.4 Å². The number of phenols is 1. The van der Waals surface area contributed by atoms with Gasteiger partial charge >= 0.3 is 5.97 Å². The van der Waals surface area contributed by atoms with E-state index in [1.165, 1.54) is 12.8 Å². The van der Waals surface area contributed by atoms with Crippen molar-refractivity contribution in [2.24, 2.45) is 5.92 Å². The molecule has 262 valence electrons. The first-order chi connectivity index (χ1) is 22.8. The number of aliphatic carboxylic acids is 1. The number of nitrogens with zero attached hydrogens (tertiary/aromatic N) is 1. The third-order valence-electron chi connectivity index (χ3n) is 10.5. The van der Waals surface area contributed by atoms with Gasteiger partial charge in [0, 0.05) is 24.6 Å². The van der Waals surface area contributed by atoms with Gasteiger partial charge < -0.3 is 49.1 Å². The second-order valence-electron chi connectivity index (χ2n) is 13.5. The van der Waals surface area contributed by atoms with Crippen molar-refractivity contribution in [2.75, 3.05) is 79.2 Å². The largest absolute Gasteiger partial charge is 0.504 e. The highest BCUT2D eigenvalue weighted by molar-refractivity contribution is 5.76. The standard InChI is InChI=1S/C34H50N2O11/c37-26-4-3-24-21-27-34(41)8-5-25(32-33(34,30(24)31(26)47-32)9-10-36(27)22-23-1-2-23)35-28(38)6-11-42-13-15-44-17-19-46-20-18-45-16-14-43-12-7-29(39)40/h3-4,23,25,27,32,37,41H,1-2,5-22H2,(H,35,38)(H,39,40)/t25-,27-,32+,33+,34-/m1/s1. The summed E-state index contributed by atoms with van der Waals surface area (Å²) in [5.74, 6) is 0.309. The van der Waals surface area contributed by atoms with E-state index in [9.17, 15) is 19.8 Å². The van der Waals surface area contributed by atoms with Gasteiger partial charge in [0.2, 0.25) is 5.91 Å². The van der Waals surface area contributed by atoms with Crippen molar-refractivity contribution >= 4 is 11.9 Å². The minimum Gasteiger partial charge on any atom is -0.504 e. The number of amides is 1. The van der Waals surface area contributed by atoms with Crippen molar-refractivity contribution in [3.8, 4) is 11.5 Å². The Hall–Kier alpha value is -2.52. The molecule has 6 rings (SSSR count). The maximum atomic E-state index is 13.1. The number of carbonyl (C=O) groups excluding carboxylic acids is 1. The summed E-state index contributed by atoms with van der Waals surface area (Å²) in [4.78, 5) is 26.0. The topological polar surface area (TPSA) is 165 Å². The van der Waals surface area contributed by atoms with Gasteiger partial charge in [0.15, 0.2) is 11.5 Å². The molecule has 1 aromatic rings. The molecule has 2 aliphatic heterocycles. The third kappa shape index (κ3) is 7.41. The molecule has 13 nitrogen and oxygen atoms in total. The normalized spacial score (nSPS) is 28.9. The highest BCUT2D eigenvalue weighted by Gasteiger charge is 2.73. The van der Waals surface area contributed by atoms with Crippen molar-refractivity contribution in [2.45, 2.75) is 80.6 Å². The van der Waals surface area contributed by atoms with Crippen LogP contribution in [0.4, 0.5) is 0 Å². The predicted molar refractivity (Wildman–Crippen MR) is 168 cm³/mol. The minimum atomic E-state index is -0.971. The maximum Gasteiger partial charge on any atom is 0.305 e. The van der Waals surface area contributed by atoms with Crippen molar-refractivity contribution in [1.29, 1.82) is 0 Å². The average molecular weight is 663 g/mol. The maximum absolute atomic E-state index is 13.1. The molecule has 2 bridgehead atoms. The molecular formula is C34H50N2O11. The highest BCUT2D eigenvalue weighted by atomic mass is 16.6. The molecule has 0 unspecified atom stereocenters. The average Bonchev–Trinajstić information content (AvgIpc) is 3.79. The van der Waals surface area contributed by atoms with Gasteiger partial charge in [0.1, 0.15) is 6.10 Å². The lowest BCUT2D eigenvalue weighted by molar-refractivity contribution is -0.192. The molecule has 2 saturated carbocycles. The Bertz CT molecular complexity index is 1240. The van der Waals surface area contributed by atoms with E-state index in [1.807, 2.05) is 6.07 Å². The molecule has 1 saturated heterocycles. The monoisotopic (exact) mass is 662 g/mol. The number of carboxylic acid groups (broad SMARTS) is 1. The molecule has 47 heavy (non-hydrogen) atoms. The third-order valence-corrected chi connectivity index (χ3v) is 10.5. The lowest BCUT2D eigenvalue weighted by Crippen LogP contribution is -2.78. The number of rotatable bonds is 21. The summed E-state index contributed by atoms with van der Waals surface area (Å²) in [7, 11) is 0. The van der Waals surface area contributed by atoms with Gasteiger partial charge in [-0.3, -0.25) is 14.5 Å². The number of hydrogen-bond donors (Lipinski definition) is 4.